The van der Waals surface area contributed by atoms with Crippen LogP contribution in [0.3, 0.4) is 0 Å². The first-order chi connectivity index (χ1) is 13.8. The number of aromatic nitrogens is 3. The molecule has 3 N–H and O–H groups in total. The third-order valence-electron chi connectivity index (χ3n) is 4.43. The number of amides is 1. The van der Waals surface area contributed by atoms with Gasteiger partial charge in [0, 0.05) is 17.3 Å². The van der Waals surface area contributed by atoms with E-state index in [1.54, 1.807) is 40.9 Å². The van der Waals surface area contributed by atoms with Crippen molar-refractivity contribution in [3.05, 3.63) is 52.8 Å². The largest absolute Gasteiger partial charge is 0.496 e. The molecule has 0 radical (unpaired) electrons. The van der Waals surface area contributed by atoms with Gasteiger partial charge in [0.15, 0.2) is 5.82 Å². The van der Waals surface area contributed by atoms with Crippen LogP contribution in [0.15, 0.2) is 30.3 Å². The number of benzene rings is 1. The first-order valence-corrected chi connectivity index (χ1v) is 9.22. The van der Waals surface area contributed by atoms with E-state index in [0.29, 0.717) is 39.8 Å². The van der Waals surface area contributed by atoms with E-state index in [-0.39, 0.29) is 6.10 Å². The Morgan fingerprint density at radius 1 is 1.17 bits per heavy atom. The molecule has 1 aromatic carbocycles. The van der Waals surface area contributed by atoms with Crippen molar-refractivity contribution in [1.82, 2.24) is 15.2 Å². The second kappa shape index (κ2) is 8.22. The van der Waals surface area contributed by atoms with E-state index in [9.17, 15) is 9.59 Å². The molecule has 3 aromatic rings. The van der Waals surface area contributed by atoms with Gasteiger partial charge in [0.2, 0.25) is 0 Å². The first kappa shape index (κ1) is 20.2. The Balaban J connectivity index is 1.81. The van der Waals surface area contributed by atoms with E-state index in [1.165, 1.54) is 0 Å². The number of anilines is 1. The molecule has 3 rings (SSSR count). The van der Waals surface area contributed by atoms with E-state index in [2.05, 4.69) is 20.5 Å². The molecule has 8 nitrogen and oxygen atoms in total. The summed E-state index contributed by atoms with van der Waals surface area (Å²) in [5, 5.41) is 9.79. The predicted molar refractivity (Wildman–Crippen MR) is 109 cm³/mol. The van der Waals surface area contributed by atoms with E-state index in [0.717, 1.165) is 5.56 Å². The van der Waals surface area contributed by atoms with Crippen molar-refractivity contribution in [2.24, 2.45) is 0 Å². The lowest BCUT2D eigenvalue weighted by Crippen LogP contribution is -2.15. The highest BCUT2D eigenvalue weighted by molar-refractivity contribution is 6.06. The molecular formula is C21H24N4O4. The maximum atomic E-state index is 12.7. The Hall–Kier alpha value is -3.55. The molecule has 0 aliphatic heterocycles. The highest BCUT2D eigenvalue weighted by Gasteiger charge is 2.24. The van der Waals surface area contributed by atoms with Gasteiger partial charge < -0.3 is 19.8 Å². The zero-order chi connectivity index (χ0) is 21.1. The number of hydrogen-bond acceptors (Lipinski definition) is 5. The van der Waals surface area contributed by atoms with E-state index >= 15 is 0 Å². The number of aryl methyl sites for hydroxylation is 1. The van der Waals surface area contributed by atoms with Gasteiger partial charge >= 0.3 is 5.97 Å². The molecule has 0 fully saturated rings. The quantitative estimate of drug-likeness (QED) is 0.548. The zero-order valence-corrected chi connectivity index (χ0v) is 17.0. The SMILES string of the molecule is COc1ccccc1-c1cc(NC(=O)c2[nH]c(C)c(C(=O)OC(C)C)c2C)n[nH]1. The minimum atomic E-state index is -0.455. The minimum Gasteiger partial charge on any atom is -0.496 e. The van der Waals surface area contributed by atoms with Crippen LogP contribution in [0.1, 0.15) is 46.0 Å². The van der Waals surface area contributed by atoms with Crippen LogP contribution in [0, 0.1) is 13.8 Å². The molecule has 0 unspecified atom stereocenters. The van der Waals surface area contributed by atoms with Gasteiger partial charge in [-0.2, -0.15) is 5.10 Å². The Bertz CT molecular complexity index is 1050. The molecule has 0 saturated heterocycles. The minimum absolute atomic E-state index is 0.245. The average molecular weight is 396 g/mol. The van der Waals surface area contributed by atoms with E-state index < -0.39 is 11.9 Å². The molecule has 1 amide bonds. The molecule has 0 saturated carbocycles. The van der Waals surface area contributed by atoms with Crippen molar-refractivity contribution in [3.8, 4) is 17.0 Å². The van der Waals surface area contributed by atoms with Gasteiger partial charge in [0.05, 0.1) is 24.5 Å². The Labute approximate surface area is 168 Å². The number of para-hydroxylation sites is 1. The second-order valence-electron chi connectivity index (χ2n) is 6.90. The highest BCUT2D eigenvalue weighted by atomic mass is 16.5. The Morgan fingerprint density at radius 2 is 1.90 bits per heavy atom. The third-order valence-corrected chi connectivity index (χ3v) is 4.43. The maximum Gasteiger partial charge on any atom is 0.340 e. The van der Waals surface area contributed by atoms with Crippen LogP contribution in [0.4, 0.5) is 5.82 Å². The molecular weight excluding hydrogens is 372 g/mol. The molecule has 0 bridgehead atoms. The third kappa shape index (κ3) is 4.16. The summed E-state index contributed by atoms with van der Waals surface area (Å²) >= 11 is 0. The second-order valence-corrected chi connectivity index (χ2v) is 6.90. The van der Waals surface area contributed by atoms with Gasteiger partial charge in [-0.15, -0.1) is 0 Å². The van der Waals surface area contributed by atoms with Crippen molar-refractivity contribution in [2.75, 3.05) is 12.4 Å². The van der Waals surface area contributed by atoms with Gasteiger partial charge in [-0.1, -0.05) is 12.1 Å². The predicted octanol–water partition coefficient (Wildman–Crippen LogP) is 3.85. The molecule has 0 aliphatic carbocycles. The van der Waals surface area contributed by atoms with Crippen LogP contribution in [0.25, 0.3) is 11.3 Å². The summed E-state index contributed by atoms with van der Waals surface area (Å²) in [4.78, 5) is 28.0. The molecule has 29 heavy (non-hydrogen) atoms. The van der Waals surface area contributed by atoms with Crippen LogP contribution >= 0.6 is 0 Å². The number of nitrogens with one attached hydrogen (secondary N) is 3. The lowest BCUT2D eigenvalue weighted by molar-refractivity contribution is 0.0376. The van der Waals surface area contributed by atoms with Crippen molar-refractivity contribution >= 4 is 17.7 Å². The highest BCUT2D eigenvalue weighted by Crippen LogP contribution is 2.29. The summed E-state index contributed by atoms with van der Waals surface area (Å²) in [6.45, 7) is 6.99. The smallest absolute Gasteiger partial charge is 0.340 e. The number of rotatable bonds is 6. The molecule has 2 aromatic heterocycles. The molecule has 0 spiro atoms. The molecule has 152 valence electrons. The number of aromatic amines is 2. The summed E-state index contributed by atoms with van der Waals surface area (Å²) in [6.07, 6.45) is -0.245. The summed E-state index contributed by atoms with van der Waals surface area (Å²) in [6, 6.07) is 9.22. The van der Waals surface area contributed by atoms with Gasteiger partial charge in [-0.25, -0.2) is 4.79 Å². The lowest BCUT2D eigenvalue weighted by Gasteiger charge is -2.08. The number of ether oxygens (including phenoxy) is 2. The maximum absolute atomic E-state index is 12.7. The summed E-state index contributed by atoms with van der Waals surface area (Å²) < 4.78 is 10.6. The summed E-state index contributed by atoms with van der Waals surface area (Å²) in [5.74, 6) is 0.197. The van der Waals surface area contributed by atoms with Gasteiger partial charge in [0.25, 0.3) is 5.91 Å². The van der Waals surface area contributed by atoms with Crippen LogP contribution in [-0.4, -0.2) is 40.3 Å². The van der Waals surface area contributed by atoms with Crippen LogP contribution in [0.5, 0.6) is 5.75 Å². The number of nitrogens with zero attached hydrogens (tertiary/aromatic N) is 1. The van der Waals surface area contributed by atoms with Crippen LogP contribution in [0.2, 0.25) is 0 Å². The number of methoxy groups -OCH3 is 1. The van der Waals surface area contributed by atoms with Crippen LogP contribution in [-0.2, 0) is 4.74 Å². The normalized spacial score (nSPS) is 10.8. The Kier molecular flexibility index (Phi) is 5.72. The monoisotopic (exact) mass is 396 g/mol. The topological polar surface area (TPSA) is 109 Å². The van der Waals surface area contributed by atoms with Crippen molar-refractivity contribution in [1.29, 1.82) is 0 Å². The van der Waals surface area contributed by atoms with Crippen molar-refractivity contribution in [3.63, 3.8) is 0 Å². The van der Waals surface area contributed by atoms with E-state index in [4.69, 9.17) is 9.47 Å². The van der Waals surface area contributed by atoms with Gasteiger partial charge in [-0.05, 0) is 45.4 Å². The van der Waals surface area contributed by atoms with Crippen LogP contribution < -0.4 is 10.1 Å². The molecule has 0 atom stereocenters. The number of esters is 1. The first-order valence-electron chi connectivity index (χ1n) is 9.22. The van der Waals surface area contributed by atoms with Gasteiger partial charge in [0.1, 0.15) is 11.4 Å². The fraction of sp³-hybridized carbons (Fsp3) is 0.286. The van der Waals surface area contributed by atoms with Crippen molar-refractivity contribution < 1.29 is 19.1 Å². The fourth-order valence-electron chi connectivity index (χ4n) is 3.13. The molecule has 2 heterocycles. The van der Waals surface area contributed by atoms with Crippen molar-refractivity contribution in [2.45, 2.75) is 33.8 Å². The fourth-order valence-corrected chi connectivity index (χ4v) is 3.13. The number of carbonyl (C=O) groups is 2. The number of H-pyrrole nitrogens is 2. The Morgan fingerprint density at radius 3 is 2.59 bits per heavy atom. The summed E-state index contributed by atoms with van der Waals surface area (Å²) in [7, 11) is 1.59. The lowest BCUT2D eigenvalue weighted by atomic mass is 10.1. The standard InChI is InChI=1S/C21H24N4O4/c1-11(2)29-21(27)18-12(3)19(22-13(18)4)20(26)23-17-10-15(24-25-17)14-8-6-7-9-16(14)28-5/h6-11,22H,1-5H3,(H2,23,24,25,26). The molecule has 8 heteroatoms. The van der Waals surface area contributed by atoms with Gasteiger partial charge in [-0.3, -0.25) is 9.89 Å². The number of hydrogen-bond donors (Lipinski definition) is 3. The van der Waals surface area contributed by atoms with E-state index in [1.807, 2.05) is 24.3 Å². The zero-order valence-electron chi connectivity index (χ0n) is 17.0. The molecule has 0 aliphatic rings. The summed E-state index contributed by atoms with van der Waals surface area (Å²) in [5.41, 5.74) is 3.31. The average Bonchev–Trinajstić information content (AvgIpc) is 3.25. The number of carbonyl (C=O) groups excluding carboxylic acids is 2.